The number of rotatable bonds is 2. The largest absolute Gasteiger partial charge is 0.366 e. The average Bonchev–Trinajstić information content (AvgIpc) is 3.07. The number of hydrogen-bond donors (Lipinski definition) is 2. The molecule has 2 N–H and O–H groups in total. The Morgan fingerprint density at radius 1 is 1.20 bits per heavy atom. The number of benzene rings is 1. The minimum absolute atomic E-state index is 0.200. The molecule has 2 heterocycles. The van der Waals surface area contributed by atoms with Crippen LogP contribution < -0.4 is 5.43 Å². The van der Waals surface area contributed by atoms with Crippen molar-refractivity contribution in [2.75, 3.05) is 6.54 Å². The van der Waals surface area contributed by atoms with E-state index in [-0.39, 0.29) is 29.8 Å². The molecule has 2 aliphatic heterocycles. The van der Waals surface area contributed by atoms with Crippen molar-refractivity contribution in [3.63, 3.8) is 0 Å². The van der Waals surface area contributed by atoms with Crippen LogP contribution in [0.2, 0.25) is 0 Å². The van der Waals surface area contributed by atoms with Crippen molar-refractivity contribution in [2.24, 2.45) is 5.92 Å². The smallest absolute Gasteiger partial charge is 0.272 e. The van der Waals surface area contributed by atoms with Crippen LogP contribution in [0.25, 0.3) is 0 Å². The van der Waals surface area contributed by atoms with E-state index in [0.29, 0.717) is 6.54 Å². The Balaban J connectivity index is 1.68. The number of hydrazine groups is 1. The Hall–Kier alpha value is -1.92. The predicted octanol–water partition coefficient (Wildman–Crippen LogP) is 1.57. The second-order valence-corrected chi connectivity index (χ2v) is 7.48. The zero-order valence-electron chi connectivity index (χ0n) is 14.5. The van der Waals surface area contributed by atoms with Gasteiger partial charge in [0.25, 0.3) is 5.91 Å². The predicted molar refractivity (Wildman–Crippen MR) is 91.9 cm³/mol. The summed E-state index contributed by atoms with van der Waals surface area (Å²) in [6.45, 7) is 1.94. The average molecular weight is 343 g/mol. The zero-order chi connectivity index (χ0) is 17.6. The molecule has 4 rings (SSSR count). The summed E-state index contributed by atoms with van der Waals surface area (Å²) in [4.78, 5) is 27.0. The van der Waals surface area contributed by atoms with Crippen molar-refractivity contribution in [3.05, 3.63) is 35.9 Å². The summed E-state index contributed by atoms with van der Waals surface area (Å²) in [6.07, 6.45) is 5.48. The van der Waals surface area contributed by atoms with Gasteiger partial charge in [-0.2, -0.15) is 5.43 Å². The summed E-state index contributed by atoms with van der Waals surface area (Å²) >= 11 is 0. The van der Waals surface area contributed by atoms with Crippen molar-refractivity contribution >= 4 is 11.8 Å². The molecule has 3 fully saturated rings. The lowest BCUT2D eigenvalue weighted by Gasteiger charge is -2.34. The molecule has 1 aliphatic carbocycles. The van der Waals surface area contributed by atoms with Gasteiger partial charge >= 0.3 is 0 Å². The molecule has 0 radical (unpaired) electrons. The van der Waals surface area contributed by atoms with Crippen LogP contribution in [0.5, 0.6) is 0 Å². The lowest BCUT2D eigenvalue weighted by Crippen LogP contribution is -2.56. The SMILES string of the molecule is CC(=O)N1N[C@]2(O)C(=O)N(C3CCCCC3)C[C@@H]2[C@@H]1c1ccccc1. The highest BCUT2D eigenvalue weighted by Gasteiger charge is 2.64. The summed E-state index contributed by atoms with van der Waals surface area (Å²) in [5.41, 5.74) is 2.09. The quantitative estimate of drug-likeness (QED) is 0.855. The fraction of sp³-hybridized carbons (Fsp3) is 0.579. The van der Waals surface area contributed by atoms with Crippen LogP contribution >= 0.6 is 0 Å². The van der Waals surface area contributed by atoms with Gasteiger partial charge in [-0.05, 0) is 18.4 Å². The molecule has 134 valence electrons. The summed E-state index contributed by atoms with van der Waals surface area (Å²) in [5, 5.41) is 12.6. The van der Waals surface area contributed by atoms with Crippen LogP contribution in [0.3, 0.4) is 0 Å². The Kier molecular flexibility index (Phi) is 4.04. The first-order valence-electron chi connectivity index (χ1n) is 9.18. The molecule has 0 unspecified atom stereocenters. The lowest BCUT2D eigenvalue weighted by molar-refractivity contribution is -0.153. The molecule has 3 aliphatic rings. The van der Waals surface area contributed by atoms with Crippen LogP contribution in [0.1, 0.15) is 50.6 Å². The van der Waals surface area contributed by atoms with Gasteiger partial charge in [-0.15, -0.1) is 0 Å². The van der Waals surface area contributed by atoms with Gasteiger partial charge in [-0.1, -0.05) is 49.6 Å². The van der Waals surface area contributed by atoms with Crippen molar-refractivity contribution in [1.82, 2.24) is 15.3 Å². The highest BCUT2D eigenvalue weighted by atomic mass is 16.3. The van der Waals surface area contributed by atoms with Crippen molar-refractivity contribution < 1.29 is 14.7 Å². The lowest BCUT2D eigenvalue weighted by atomic mass is 9.88. The molecular weight excluding hydrogens is 318 g/mol. The maximum Gasteiger partial charge on any atom is 0.272 e. The monoisotopic (exact) mass is 343 g/mol. The first-order valence-corrected chi connectivity index (χ1v) is 9.18. The van der Waals surface area contributed by atoms with Gasteiger partial charge in [-0.25, -0.2) is 0 Å². The second-order valence-electron chi connectivity index (χ2n) is 7.48. The summed E-state index contributed by atoms with van der Waals surface area (Å²) in [5.74, 6) is -0.851. The number of nitrogens with zero attached hydrogens (tertiary/aromatic N) is 2. The second kappa shape index (κ2) is 6.11. The van der Waals surface area contributed by atoms with E-state index in [1.807, 2.05) is 35.2 Å². The third-order valence-corrected chi connectivity index (χ3v) is 5.96. The molecule has 1 saturated carbocycles. The van der Waals surface area contributed by atoms with Gasteiger partial charge in [0.05, 0.1) is 12.0 Å². The number of carbonyl (C=O) groups is 2. The molecular formula is C19H25N3O3. The molecule has 6 nitrogen and oxygen atoms in total. The van der Waals surface area contributed by atoms with E-state index in [1.54, 1.807) is 0 Å². The summed E-state index contributed by atoms with van der Waals surface area (Å²) in [6, 6.07) is 9.51. The van der Waals surface area contributed by atoms with Crippen molar-refractivity contribution in [3.8, 4) is 0 Å². The van der Waals surface area contributed by atoms with E-state index >= 15 is 0 Å². The van der Waals surface area contributed by atoms with Crippen LogP contribution in [0.15, 0.2) is 30.3 Å². The number of carbonyl (C=O) groups excluding carboxylic acids is 2. The highest BCUT2D eigenvalue weighted by molar-refractivity contribution is 5.89. The zero-order valence-corrected chi connectivity index (χ0v) is 14.5. The summed E-state index contributed by atoms with van der Waals surface area (Å²) in [7, 11) is 0. The molecule has 6 heteroatoms. The van der Waals surface area contributed by atoms with E-state index in [1.165, 1.54) is 18.4 Å². The Morgan fingerprint density at radius 3 is 2.52 bits per heavy atom. The molecule has 0 aromatic heterocycles. The molecule has 2 amide bonds. The topological polar surface area (TPSA) is 72.9 Å². The molecule has 25 heavy (non-hydrogen) atoms. The third kappa shape index (κ3) is 2.55. The minimum Gasteiger partial charge on any atom is -0.366 e. The fourth-order valence-corrected chi connectivity index (χ4v) is 4.71. The minimum atomic E-state index is -1.69. The van der Waals surface area contributed by atoms with E-state index in [4.69, 9.17) is 0 Å². The van der Waals surface area contributed by atoms with Crippen molar-refractivity contribution in [2.45, 2.75) is 56.8 Å². The van der Waals surface area contributed by atoms with Gasteiger partial charge < -0.3 is 10.0 Å². The first kappa shape index (κ1) is 16.5. The van der Waals surface area contributed by atoms with Crippen LogP contribution in [-0.4, -0.2) is 45.1 Å². The molecule has 3 atom stereocenters. The van der Waals surface area contributed by atoms with Gasteiger partial charge in [0.15, 0.2) is 0 Å². The standard InChI is InChI=1S/C19H25N3O3/c1-13(23)22-17(14-8-4-2-5-9-14)16-12-21(15-10-6-3-7-11-15)18(24)19(16,25)20-22/h2,4-5,8-9,15-17,20,25H,3,6-7,10-12H2,1H3/t16-,17+,19-/m1/s1. The number of nitrogens with one attached hydrogen (secondary N) is 1. The molecule has 1 aromatic rings. The van der Waals surface area contributed by atoms with Crippen molar-refractivity contribution in [1.29, 1.82) is 0 Å². The number of hydrogen-bond acceptors (Lipinski definition) is 4. The molecule has 1 aromatic carbocycles. The third-order valence-electron chi connectivity index (χ3n) is 5.96. The van der Waals surface area contributed by atoms with Gasteiger partial charge in [0.1, 0.15) is 0 Å². The fourth-order valence-electron chi connectivity index (χ4n) is 4.71. The van der Waals surface area contributed by atoms with Crippen LogP contribution in [-0.2, 0) is 9.59 Å². The normalized spacial score (nSPS) is 33.0. The number of aliphatic hydroxyl groups is 1. The van der Waals surface area contributed by atoms with E-state index in [2.05, 4.69) is 5.43 Å². The number of fused-ring (bicyclic) bond motifs is 1. The number of amides is 2. The maximum atomic E-state index is 13.0. The molecule has 0 bridgehead atoms. The van der Waals surface area contributed by atoms with E-state index in [9.17, 15) is 14.7 Å². The van der Waals surface area contributed by atoms with Crippen LogP contribution in [0.4, 0.5) is 0 Å². The molecule has 0 spiro atoms. The summed E-state index contributed by atoms with van der Waals surface area (Å²) < 4.78 is 0. The highest BCUT2D eigenvalue weighted by Crippen LogP contribution is 2.46. The Morgan fingerprint density at radius 2 is 1.88 bits per heavy atom. The van der Waals surface area contributed by atoms with E-state index < -0.39 is 5.72 Å². The Bertz CT molecular complexity index is 674. The van der Waals surface area contributed by atoms with Gasteiger partial charge in [-0.3, -0.25) is 14.6 Å². The number of likely N-dealkylation sites (tertiary alicyclic amines) is 1. The Labute approximate surface area is 147 Å². The van der Waals surface area contributed by atoms with Gasteiger partial charge in [0.2, 0.25) is 11.6 Å². The first-order chi connectivity index (χ1) is 12.0. The molecule has 2 saturated heterocycles. The van der Waals surface area contributed by atoms with Gasteiger partial charge in [0, 0.05) is 19.5 Å². The van der Waals surface area contributed by atoms with E-state index in [0.717, 1.165) is 31.2 Å². The van der Waals surface area contributed by atoms with Crippen LogP contribution in [0, 0.1) is 5.92 Å². The maximum absolute atomic E-state index is 13.0.